The fourth-order valence-electron chi connectivity index (χ4n) is 2.26. The lowest BCUT2D eigenvalue weighted by Crippen LogP contribution is -2.46. The molecule has 7 heteroatoms. The van der Waals surface area contributed by atoms with Crippen LogP contribution in [0, 0.1) is 12.8 Å². The van der Waals surface area contributed by atoms with Gasteiger partial charge in [-0.1, -0.05) is 37.6 Å². The number of rotatable bonds is 5. The molecule has 5 nitrogen and oxygen atoms in total. The summed E-state index contributed by atoms with van der Waals surface area (Å²) in [6.07, 6.45) is 0. The monoisotopic (exact) mass is 365 g/mol. The number of nitrogens with zero attached hydrogens (tertiary/aromatic N) is 1. The molecule has 1 unspecified atom stereocenters. The number of aromatic nitrogens is 1. The van der Waals surface area contributed by atoms with Crippen molar-refractivity contribution in [2.45, 2.75) is 33.7 Å². The van der Waals surface area contributed by atoms with Crippen LogP contribution in [0.25, 0.3) is 11.3 Å². The number of halogens is 1. The van der Waals surface area contributed by atoms with Crippen molar-refractivity contribution in [3.05, 3.63) is 34.2 Å². The van der Waals surface area contributed by atoms with Gasteiger partial charge in [-0.25, -0.2) is 4.98 Å². The molecule has 1 aromatic heterocycles. The second-order valence-corrected chi connectivity index (χ2v) is 7.48. The zero-order chi connectivity index (χ0) is 17.9. The minimum atomic E-state index is -0.592. The molecule has 0 aliphatic rings. The molecular formula is C17H20ClN3O2S. The molecule has 0 fully saturated rings. The van der Waals surface area contributed by atoms with Crippen LogP contribution in [0.1, 0.15) is 25.6 Å². The lowest BCUT2D eigenvalue weighted by Gasteiger charge is -2.20. The van der Waals surface area contributed by atoms with Crippen LogP contribution in [-0.2, 0) is 9.59 Å². The maximum Gasteiger partial charge on any atom is 0.248 e. The highest BCUT2D eigenvalue weighted by molar-refractivity contribution is 7.16. The zero-order valence-corrected chi connectivity index (χ0v) is 15.6. The minimum absolute atomic E-state index is 0.0225. The lowest BCUT2D eigenvalue weighted by molar-refractivity contribution is -0.126. The van der Waals surface area contributed by atoms with Crippen LogP contribution in [-0.4, -0.2) is 22.8 Å². The average molecular weight is 366 g/mol. The summed E-state index contributed by atoms with van der Waals surface area (Å²) in [5.41, 5.74) is 1.75. The lowest BCUT2D eigenvalue weighted by atomic mass is 10.0. The maximum atomic E-state index is 12.4. The Bertz CT molecular complexity index is 741. The molecule has 2 N–H and O–H groups in total. The Morgan fingerprint density at radius 3 is 2.38 bits per heavy atom. The molecule has 2 aromatic rings. The Morgan fingerprint density at radius 1 is 1.21 bits per heavy atom. The topological polar surface area (TPSA) is 71.1 Å². The molecule has 0 saturated carbocycles. The van der Waals surface area contributed by atoms with Crippen LogP contribution in [0.4, 0.5) is 5.13 Å². The Hall–Kier alpha value is -1.92. The van der Waals surface area contributed by atoms with Gasteiger partial charge in [0.05, 0.1) is 5.69 Å². The number of carbonyl (C=O) groups excluding carboxylic acids is 2. The summed E-state index contributed by atoms with van der Waals surface area (Å²) in [5, 5.41) is 6.64. The number of hydrogen-bond donors (Lipinski definition) is 2. The van der Waals surface area contributed by atoms with Gasteiger partial charge in [-0.05, 0) is 25.0 Å². The molecule has 0 bridgehead atoms. The normalized spacial score (nSPS) is 12.1. The van der Waals surface area contributed by atoms with Crippen LogP contribution in [0.2, 0.25) is 5.02 Å². The van der Waals surface area contributed by atoms with E-state index < -0.39 is 6.04 Å². The fourth-order valence-corrected chi connectivity index (χ4v) is 3.23. The predicted octanol–water partition coefficient (Wildman–Crippen LogP) is 3.87. The predicted molar refractivity (Wildman–Crippen MR) is 98.4 cm³/mol. The Balaban J connectivity index is 2.18. The highest BCUT2D eigenvalue weighted by Gasteiger charge is 2.24. The fraction of sp³-hybridized carbons (Fsp3) is 0.353. The third-order valence-corrected chi connectivity index (χ3v) is 4.59. The highest BCUT2D eigenvalue weighted by atomic mass is 35.5. The van der Waals surface area contributed by atoms with Crippen LogP contribution < -0.4 is 10.6 Å². The van der Waals surface area contributed by atoms with E-state index in [2.05, 4.69) is 15.6 Å². The minimum Gasteiger partial charge on any atom is -0.344 e. The van der Waals surface area contributed by atoms with Crippen molar-refractivity contribution in [3.63, 3.8) is 0 Å². The molecule has 0 aliphatic heterocycles. The summed E-state index contributed by atoms with van der Waals surface area (Å²) in [6, 6.07) is 6.80. The Kier molecular flexibility index (Phi) is 5.96. The van der Waals surface area contributed by atoms with E-state index in [0.717, 1.165) is 16.1 Å². The number of carbonyl (C=O) groups is 2. The largest absolute Gasteiger partial charge is 0.344 e. The van der Waals surface area contributed by atoms with Gasteiger partial charge in [-0.15, -0.1) is 11.3 Å². The van der Waals surface area contributed by atoms with Crippen LogP contribution in [0.3, 0.4) is 0 Å². The molecule has 1 atom stereocenters. The summed E-state index contributed by atoms with van der Waals surface area (Å²) in [4.78, 5) is 29.2. The van der Waals surface area contributed by atoms with Gasteiger partial charge in [0.2, 0.25) is 11.8 Å². The van der Waals surface area contributed by atoms with Crippen molar-refractivity contribution in [2.75, 3.05) is 5.32 Å². The summed E-state index contributed by atoms with van der Waals surface area (Å²) < 4.78 is 0. The van der Waals surface area contributed by atoms with E-state index in [4.69, 9.17) is 11.6 Å². The van der Waals surface area contributed by atoms with E-state index in [9.17, 15) is 9.59 Å². The van der Waals surface area contributed by atoms with Crippen molar-refractivity contribution in [2.24, 2.45) is 5.92 Å². The summed E-state index contributed by atoms with van der Waals surface area (Å²) in [6.45, 7) is 7.11. The second kappa shape index (κ2) is 7.77. The van der Waals surface area contributed by atoms with E-state index in [1.807, 2.05) is 32.9 Å². The van der Waals surface area contributed by atoms with Gasteiger partial charge in [0.15, 0.2) is 5.13 Å². The summed E-state index contributed by atoms with van der Waals surface area (Å²) in [7, 11) is 0. The molecule has 24 heavy (non-hydrogen) atoms. The number of hydrogen-bond acceptors (Lipinski definition) is 4. The quantitative estimate of drug-likeness (QED) is 0.844. The third-order valence-electron chi connectivity index (χ3n) is 3.45. The number of anilines is 1. The van der Waals surface area contributed by atoms with E-state index in [1.165, 1.54) is 18.3 Å². The van der Waals surface area contributed by atoms with Gasteiger partial charge >= 0.3 is 0 Å². The van der Waals surface area contributed by atoms with Gasteiger partial charge in [0, 0.05) is 22.4 Å². The number of nitrogens with one attached hydrogen (secondary N) is 2. The first-order valence-corrected chi connectivity index (χ1v) is 8.78. The first-order valence-electron chi connectivity index (χ1n) is 7.59. The van der Waals surface area contributed by atoms with Gasteiger partial charge < -0.3 is 10.6 Å². The van der Waals surface area contributed by atoms with Gasteiger partial charge in [-0.3, -0.25) is 9.59 Å². The number of benzene rings is 1. The molecule has 2 amide bonds. The Morgan fingerprint density at radius 2 is 1.83 bits per heavy atom. The second-order valence-electron chi connectivity index (χ2n) is 5.84. The van der Waals surface area contributed by atoms with Gasteiger partial charge in [-0.2, -0.15) is 0 Å². The van der Waals surface area contributed by atoms with E-state index in [0.29, 0.717) is 10.2 Å². The van der Waals surface area contributed by atoms with Crippen LogP contribution in [0.15, 0.2) is 24.3 Å². The zero-order valence-electron chi connectivity index (χ0n) is 14.0. The van der Waals surface area contributed by atoms with E-state index >= 15 is 0 Å². The number of aryl methyl sites for hydroxylation is 1. The summed E-state index contributed by atoms with van der Waals surface area (Å²) >= 11 is 7.31. The van der Waals surface area contributed by atoms with Crippen molar-refractivity contribution >= 4 is 39.9 Å². The van der Waals surface area contributed by atoms with Crippen molar-refractivity contribution in [3.8, 4) is 11.3 Å². The molecular weight excluding hydrogens is 346 g/mol. The SMILES string of the molecule is CC(=O)NC(C(=O)Nc1nc(-c2ccc(Cl)cc2)c(C)s1)C(C)C. The number of amides is 2. The summed E-state index contributed by atoms with van der Waals surface area (Å²) in [5.74, 6) is -0.525. The third kappa shape index (κ3) is 4.55. The van der Waals surface area contributed by atoms with Crippen LogP contribution in [0.5, 0.6) is 0 Å². The molecule has 1 aromatic carbocycles. The molecule has 0 radical (unpaired) electrons. The molecule has 0 saturated heterocycles. The maximum absolute atomic E-state index is 12.4. The molecule has 1 heterocycles. The van der Waals surface area contributed by atoms with Crippen molar-refractivity contribution in [1.29, 1.82) is 0 Å². The highest BCUT2D eigenvalue weighted by Crippen LogP contribution is 2.31. The number of thiazole rings is 1. The first-order chi connectivity index (χ1) is 11.3. The first kappa shape index (κ1) is 18.4. The smallest absolute Gasteiger partial charge is 0.248 e. The van der Waals surface area contributed by atoms with Crippen LogP contribution >= 0.6 is 22.9 Å². The van der Waals surface area contributed by atoms with E-state index in [-0.39, 0.29) is 17.7 Å². The Labute approximate surface area is 150 Å². The van der Waals surface area contributed by atoms with E-state index in [1.54, 1.807) is 12.1 Å². The van der Waals surface area contributed by atoms with Gasteiger partial charge in [0.25, 0.3) is 0 Å². The van der Waals surface area contributed by atoms with Crippen molar-refractivity contribution in [1.82, 2.24) is 10.3 Å². The molecule has 0 spiro atoms. The standard InChI is InChI=1S/C17H20ClN3O2S/c1-9(2)14(19-11(4)22)16(23)21-17-20-15(10(3)24-17)12-5-7-13(18)8-6-12/h5-9,14H,1-4H3,(H,19,22)(H,20,21,23). The van der Waals surface area contributed by atoms with Gasteiger partial charge in [0.1, 0.15) is 6.04 Å². The molecule has 0 aliphatic carbocycles. The van der Waals surface area contributed by atoms with Crippen molar-refractivity contribution < 1.29 is 9.59 Å². The molecule has 2 rings (SSSR count). The molecule has 128 valence electrons. The average Bonchev–Trinajstić information content (AvgIpc) is 2.85.